The molecule has 4 aromatic rings. The fraction of sp³-hybridized carbons (Fsp3) is 0.133. The molecule has 0 aliphatic heterocycles. The molecule has 120 valence electrons. The SMILES string of the molecule is C=C(N)c1cc2cn[nH]c2c(-c2n[nH]c(-c3c[c-]nn3CC)n2)n1.[Na+]. The fourth-order valence-electron chi connectivity index (χ4n) is 2.48. The van der Waals surface area contributed by atoms with Crippen LogP contribution >= 0.6 is 0 Å². The number of H-pyrrole nitrogens is 2. The number of nitrogens with zero attached hydrogens (tertiary/aromatic N) is 6. The molecule has 0 radical (unpaired) electrons. The van der Waals surface area contributed by atoms with Crippen molar-refractivity contribution in [1.82, 2.24) is 40.1 Å². The Morgan fingerprint density at radius 1 is 1.36 bits per heavy atom. The Labute approximate surface area is 165 Å². The van der Waals surface area contributed by atoms with Crippen LogP contribution in [-0.4, -0.2) is 40.1 Å². The van der Waals surface area contributed by atoms with E-state index in [4.69, 9.17) is 5.73 Å². The van der Waals surface area contributed by atoms with Gasteiger partial charge in [0.2, 0.25) is 5.82 Å². The molecule has 10 heteroatoms. The molecule has 0 aromatic carbocycles. The second kappa shape index (κ2) is 6.79. The number of nitrogens with one attached hydrogen (secondary N) is 2. The fourth-order valence-corrected chi connectivity index (χ4v) is 2.48. The topological polar surface area (TPSA) is 127 Å². The van der Waals surface area contributed by atoms with Crippen molar-refractivity contribution < 1.29 is 29.6 Å². The first-order valence-corrected chi connectivity index (χ1v) is 7.33. The Morgan fingerprint density at radius 3 is 2.96 bits per heavy atom. The second-order valence-electron chi connectivity index (χ2n) is 5.20. The molecule has 9 nitrogen and oxygen atoms in total. The number of aryl methyl sites for hydroxylation is 1. The summed E-state index contributed by atoms with van der Waals surface area (Å²) in [6.45, 7) is 6.44. The van der Waals surface area contributed by atoms with Crippen LogP contribution in [0.25, 0.3) is 39.6 Å². The summed E-state index contributed by atoms with van der Waals surface area (Å²) in [5, 5.41) is 19.1. The molecule has 25 heavy (non-hydrogen) atoms. The number of nitrogens with two attached hydrogens (primary N) is 1. The molecule has 0 saturated heterocycles. The number of fused-ring (bicyclic) bond motifs is 1. The average Bonchev–Trinajstić information content (AvgIpc) is 3.31. The molecular formula is C15H14N9Na. The maximum atomic E-state index is 5.79. The predicted molar refractivity (Wildman–Crippen MR) is 88.2 cm³/mol. The molecule has 0 fully saturated rings. The first-order chi connectivity index (χ1) is 11.7. The van der Waals surface area contributed by atoms with Crippen LogP contribution < -0.4 is 35.3 Å². The maximum absolute atomic E-state index is 5.79. The summed E-state index contributed by atoms with van der Waals surface area (Å²) >= 11 is 0. The van der Waals surface area contributed by atoms with Crippen LogP contribution in [0.4, 0.5) is 0 Å². The molecule has 0 aliphatic carbocycles. The van der Waals surface area contributed by atoms with Gasteiger partial charge < -0.3 is 15.5 Å². The maximum Gasteiger partial charge on any atom is 1.00 e. The van der Waals surface area contributed by atoms with E-state index in [9.17, 15) is 0 Å². The van der Waals surface area contributed by atoms with E-state index >= 15 is 0 Å². The van der Waals surface area contributed by atoms with E-state index < -0.39 is 0 Å². The Morgan fingerprint density at radius 2 is 2.20 bits per heavy atom. The van der Waals surface area contributed by atoms with Crippen molar-refractivity contribution in [3.8, 4) is 23.0 Å². The summed E-state index contributed by atoms with van der Waals surface area (Å²) in [6.07, 6.45) is 4.51. The van der Waals surface area contributed by atoms with Crippen molar-refractivity contribution in [2.45, 2.75) is 13.5 Å². The summed E-state index contributed by atoms with van der Waals surface area (Å²) in [4.78, 5) is 9.04. The number of hydrogen-bond donors (Lipinski definition) is 3. The van der Waals surface area contributed by atoms with Crippen molar-refractivity contribution in [2.75, 3.05) is 0 Å². The Bertz CT molecular complexity index is 1040. The zero-order valence-corrected chi connectivity index (χ0v) is 15.9. The third kappa shape index (κ3) is 2.97. The summed E-state index contributed by atoms with van der Waals surface area (Å²) < 4.78 is 1.78. The Kier molecular flexibility index (Phi) is 4.71. The van der Waals surface area contributed by atoms with Crippen molar-refractivity contribution >= 4 is 16.6 Å². The van der Waals surface area contributed by atoms with Gasteiger partial charge >= 0.3 is 29.6 Å². The van der Waals surface area contributed by atoms with Gasteiger partial charge in [0.05, 0.1) is 28.9 Å². The average molecular weight is 343 g/mol. The Balaban J connectivity index is 0.00000182. The van der Waals surface area contributed by atoms with Gasteiger partial charge in [-0.05, 0) is 18.7 Å². The van der Waals surface area contributed by atoms with Crippen molar-refractivity contribution in [2.24, 2.45) is 5.73 Å². The smallest absolute Gasteiger partial charge is 0.397 e. The van der Waals surface area contributed by atoms with Gasteiger partial charge in [0.25, 0.3) is 0 Å². The minimum atomic E-state index is 0. The van der Waals surface area contributed by atoms with E-state index in [1.165, 1.54) is 0 Å². The summed E-state index contributed by atoms with van der Waals surface area (Å²) in [7, 11) is 0. The van der Waals surface area contributed by atoms with Crippen molar-refractivity contribution in [3.05, 3.63) is 36.8 Å². The molecule has 0 spiro atoms. The molecule has 0 unspecified atom stereocenters. The zero-order valence-electron chi connectivity index (χ0n) is 13.9. The minimum absolute atomic E-state index is 0. The van der Waals surface area contributed by atoms with Gasteiger partial charge in [-0.3, -0.25) is 10.2 Å². The van der Waals surface area contributed by atoms with Crippen LogP contribution in [0.1, 0.15) is 12.6 Å². The number of aromatic nitrogens is 8. The second-order valence-corrected chi connectivity index (χ2v) is 5.20. The first-order valence-electron chi connectivity index (χ1n) is 7.33. The van der Waals surface area contributed by atoms with Gasteiger partial charge in [-0.15, -0.1) is 6.20 Å². The van der Waals surface area contributed by atoms with Crippen LogP contribution in [0.3, 0.4) is 0 Å². The van der Waals surface area contributed by atoms with Crippen molar-refractivity contribution in [1.29, 1.82) is 0 Å². The standard InChI is InChI=1S/C15H14N9.Na/c1-3-24-11(4-5-18-24)14-20-15(23-22-14)13-12-9(7-17-21-12)6-10(19-13)8(2)16;/h4,6-7H,2-3,16H2,1H3,(H,17,21)(H,20,22,23);/q-1;+1. The molecule has 4 rings (SSSR count). The van der Waals surface area contributed by atoms with Gasteiger partial charge in [-0.25, -0.2) is 9.97 Å². The van der Waals surface area contributed by atoms with E-state index in [2.05, 4.69) is 48.2 Å². The summed E-state index contributed by atoms with van der Waals surface area (Å²) in [5.41, 5.74) is 8.82. The van der Waals surface area contributed by atoms with Gasteiger partial charge in [-0.2, -0.15) is 16.3 Å². The minimum Gasteiger partial charge on any atom is -0.397 e. The van der Waals surface area contributed by atoms with Crippen LogP contribution in [0.5, 0.6) is 0 Å². The third-order valence-corrected chi connectivity index (χ3v) is 3.66. The monoisotopic (exact) mass is 343 g/mol. The normalized spacial score (nSPS) is 10.8. The predicted octanol–water partition coefficient (Wildman–Crippen LogP) is -1.64. The van der Waals surface area contributed by atoms with E-state index in [0.717, 1.165) is 16.6 Å². The summed E-state index contributed by atoms with van der Waals surface area (Å²) in [6, 6.07) is 3.57. The molecule has 0 saturated carbocycles. The number of aromatic amines is 2. The van der Waals surface area contributed by atoms with E-state index in [0.29, 0.717) is 35.3 Å². The van der Waals surface area contributed by atoms with Crippen LogP contribution in [0, 0.1) is 6.20 Å². The number of rotatable bonds is 4. The van der Waals surface area contributed by atoms with E-state index in [-0.39, 0.29) is 29.6 Å². The molecular weight excluding hydrogens is 329 g/mol. The molecule has 4 aromatic heterocycles. The van der Waals surface area contributed by atoms with Gasteiger partial charge in [-0.1, -0.05) is 6.58 Å². The Hall–Kier alpha value is -2.49. The summed E-state index contributed by atoms with van der Waals surface area (Å²) in [5.74, 6) is 1.03. The van der Waals surface area contributed by atoms with Crippen LogP contribution in [0.2, 0.25) is 0 Å². The molecule has 0 atom stereocenters. The van der Waals surface area contributed by atoms with E-state index in [1.807, 2.05) is 13.0 Å². The number of pyridine rings is 1. The van der Waals surface area contributed by atoms with Crippen LogP contribution in [0.15, 0.2) is 24.9 Å². The van der Waals surface area contributed by atoms with E-state index in [1.54, 1.807) is 16.9 Å². The largest absolute Gasteiger partial charge is 1.00 e. The van der Waals surface area contributed by atoms with Crippen LogP contribution in [-0.2, 0) is 6.54 Å². The zero-order chi connectivity index (χ0) is 16.7. The quantitative estimate of drug-likeness (QED) is 0.301. The third-order valence-electron chi connectivity index (χ3n) is 3.66. The first kappa shape index (κ1) is 17.3. The number of hydrogen-bond acceptors (Lipinski definition) is 6. The molecule has 4 heterocycles. The van der Waals surface area contributed by atoms with Gasteiger partial charge in [0, 0.05) is 11.9 Å². The van der Waals surface area contributed by atoms with Gasteiger partial charge in [0.1, 0.15) is 5.69 Å². The molecule has 4 N–H and O–H groups in total. The molecule has 0 amide bonds. The molecule has 0 aliphatic rings. The van der Waals surface area contributed by atoms with Crippen molar-refractivity contribution in [3.63, 3.8) is 0 Å². The molecule has 0 bridgehead atoms. The van der Waals surface area contributed by atoms with Gasteiger partial charge in [0.15, 0.2) is 0 Å².